The van der Waals surface area contributed by atoms with Gasteiger partial charge in [-0.3, -0.25) is 4.79 Å². The topological polar surface area (TPSA) is 32.7 Å². The summed E-state index contributed by atoms with van der Waals surface area (Å²) in [4.78, 5) is 12.5. The first kappa shape index (κ1) is 14.7. The first-order chi connectivity index (χ1) is 10.6. The lowest BCUT2D eigenvalue weighted by Gasteiger charge is -2.11. The van der Waals surface area contributed by atoms with Crippen molar-refractivity contribution in [1.82, 2.24) is 0 Å². The third kappa shape index (κ3) is 2.72. The Balaban J connectivity index is 1.97. The number of hydrazone groups is 1. The van der Waals surface area contributed by atoms with Gasteiger partial charge in [-0.25, -0.2) is 4.39 Å². The molecular formula is C17H12BrFN2O. The van der Waals surface area contributed by atoms with Gasteiger partial charge in [-0.05, 0) is 43.3 Å². The van der Waals surface area contributed by atoms with Gasteiger partial charge in [-0.2, -0.15) is 10.1 Å². The van der Waals surface area contributed by atoms with Crippen LogP contribution in [0.15, 0.2) is 63.7 Å². The Hall–Kier alpha value is -2.27. The predicted molar refractivity (Wildman–Crippen MR) is 89.1 cm³/mol. The Morgan fingerprint density at radius 3 is 2.50 bits per heavy atom. The molecule has 1 aliphatic heterocycles. The van der Waals surface area contributed by atoms with Crippen molar-refractivity contribution in [1.29, 1.82) is 0 Å². The molecular weight excluding hydrogens is 347 g/mol. The van der Waals surface area contributed by atoms with Gasteiger partial charge >= 0.3 is 0 Å². The van der Waals surface area contributed by atoms with Gasteiger partial charge in [-0.1, -0.05) is 34.1 Å². The van der Waals surface area contributed by atoms with E-state index >= 15 is 0 Å². The molecule has 3 nitrogen and oxygen atoms in total. The van der Waals surface area contributed by atoms with Crippen LogP contribution in [0.25, 0.3) is 6.08 Å². The van der Waals surface area contributed by atoms with E-state index in [4.69, 9.17) is 0 Å². The lowest BCUT2D eigenvalue weighted by atomic mass is 10.1. The van der Waals surface area contributed by atoms with Crippen molar-refractivity contribution in [3.05, 3.63) is 70.0 Å². The third-order valence-electron chi connectivity index (χ3n) is 3.34. The Morgan fingerprint density at radius 2 is 1.82 bits per heavy atom. The molecule has 0 saturated carbocycles. The van der Waals surface area contributed by atoms with Crippen LogP contribution in [-0.2, 0) is 4.79 Å². The molecule has 22 heavy (non-hydrogen) atoms. The Morgan fingerprint density at radius 1 is 1.14 bits per heavy atom. The summed E-state index contributed by atoms with van der Waals surface area (Å²) in [6.07, 6.45) is 1.54. The van der Waals surface area contributed by atoms with Crippen LogP contribution in [0.5, 0.6) is 0 Å². The Bertz CT molecular complexity index is 797. The van der Waals surface area contributed by atoms with Gasteiger partial charge in [-0.15, -0.1) is 0 Å². The summed E-state index contributed by atoms with van der Waals surface area (Å²) >= 11 is 3.35. The Kier molecular flexibility index (Phi) is 3.90. The smallest absolute Gasteiger partial charge is 0.267 e. The summed E-state index contributed by atoms with van der Waals surface area (Å²) in [6.45, 7) is 1.74. The monoisotopic (exact) mass is 358 g/mol. The van der Waals surface area contributed by atoms with Crippen molar-refractivity contribution in [3.8, 4) is 0 Å². The van der Waals surface area contributed by atoms with E-state index in [0.29, 0.717) is 22.5 Å². The van der Waals surface area contributed by atoms with Crippen molar-refractivity contribution in [2.75, 3.05) is 5.01 Å². The lowest BCUT2D eigenvalue weighted by molar-refractivity contribution is -0.114. The molecule has 0 unspecified atom stereocenters. The number of halogens is 2. The number of benzene rings is 2. The van der Waals surface area contributed by atoms with E-state index in [1.807, 2.05) is 12.1 Å². The fourth-order valence-electron chi connectivity index (χ4n) is 2.19. The van der Waals surface area contributed by atoms with Gasteiger partial charge in [0.25, 0.3) is 5.91 Å². The largest absolute Gasteiger partial charge is 0.280 e. The fourth-order valence-corrected chi connectivity index (χ4v) is 2.45. The highest BCUT2D eigenvalue weighted by Crippen LogP contribution is 2.26. The van der Waals surface area contributed by atoms with Crippen molar-refractivity contribution in [3.63, 3.8) is 0 Å². The highest BCUT2D eigenvalue weighted by molar-refractivity contribution is 9.10. The van der Waals surface area contributed by atoms with Gasteiger partial charge in [0.15, 0.2) is 0 Å². The molecule has 0 fully saturated rings. The molecule has 0 aromatic heterocycles. The predicted octanol–water partition coefficient (Wildman–Crippen LogP) is 4.39. The van der Waals surface area contributed by atoms with Crippen LogP contribution in [0.3, 0.4) is 0 Å². The van der Waals surface area contributed by atoms with Crippen LogP contribution >= 0.6 is 15.9 Å². The molecule has 1 heterocycles. The normalized spacial score (nSPS) is 16.3. The van der Waals surface area contributed by atoms with Gasteiger partial charge in [0.2, 0.25) is 0 Å². The second-order valence-corrected chi connectivity index (χ2v) is 5.77. The van der Waals surface area contributed by atoms with Crippen LogP contribution < -0.4 is 5.01 Å². The summed E-state index contributed by atoms with van der Waals surface area (Å²) in [5.74, 6) is -0.624. The number of amides is 1. The minimum absolute atomic E-state index is 0.261. The van der Waals surface area contributed by atoms with E-state index in [9.17, 15) is 9.18 Å². The van der Waals surface area contributed by atoms with Gasteiger partial charge in [0.05, 0.1) is 17.0 Å². The number of rotatable bonds is 2. The molecule has 0 spiro atoms. The fraction of sp³-hybridized carbons (Fsp3) is 0.0588. The quantitative estimate of drug-likeness (QED) is 0.732. The van der Waals surface area contributed by atoms with Gasteiger partial charge < -0.3 is 0 Å². The lowest BCUT2D eigenvalue weighted by Crippen LogP contribution is -2.21. The van der Waals surface area contributed by atoms with Crippen molar-refractivity contribution >= 4 is 39.3 Å². The highest BCUT2D eigenvalue weighted by Gasteiger charge is 2.28. The van der Waals surface area contributed by atoms with Crippen LogP contribution in [0.2, 0.25) is 0 Å². The zero-order chi connectivity index (χ0) is 15.7. The summed E-state index contributed by atoms with van der Waals surface area (Å²) in [5.41, 5.74) is 2.01. The van der Waals surface area contributed by atoms with E-state index in [1.165, 1.54) is 17.2 Å². The summed E-state index contributed by atoms with van der Waals surface area (Å²) < 4.78 is 14.7. The standard InChI is InChI=1S/C17H12BrFN2O/c1-11-15(10-12-4-2-3-5-16(12)19)17(22)21(20-11)14-8-6-13(18)7-9-14/h2-10H,1H3/b15-10-. The SMILES string of the molecule is CC1=NN(c2ccc(Br)cc2)C(=O)/C1=C\c1ccccc1F. The Labute approximate surface area is 135 Å². The van der Waals surface area contributed by atoms with Crippen molar-refractivity contribution < 1.29 is 9.18 Å². The first-order valence-electron chi connectivity index (χ1n) is 6.68. The van der Waals surface area contributed by atoms with Gasteiger partial charge in [0, 0.05) is 10.0 Å². The zero-order valence-electron chi connectivity index (χ0n) is 11.8. The maximum absolute atomic E-state index is 13.7. The third-order valence-corrected chi connectivity index (χ3v) is 3.87. The molecule has 2 aromatic carbocycles. The minimum atomic E-state index is -0.363. The number of anilines is 1. The molecule has 0 N–H and O–H groups in total. The summed E-state index contributed by atoms with van der Waals surface area (Å²) in [6, 6.07) is 13.6. The molecule has 0 radical (unpaired) electrons. The molecule has 0 atom stereocenters. The minimum Gasteiger partial charge on any atom is -0.267 e. The summed E-state index contributed by atoms with van der Waals surface area (Å²) in [5, 5.41) is 5.60. The molecule has 0 bridgehead atoms. The maximum Gasteiger partial charge on any atom is 0.280 e. The van der Waals surface area contributed by atoms with E-state index in [2.05, 4.69) is 21.0 Å². The van der Waals surface area contributed by atoms with Crippen molar-refractivity contribution in [2.24, 2.45) is 5.10 Å². The average Bonchev–Trinajstić information content (AvgIpc) is 2.78. The van der Waals surface area contributed by atoms with Gasteiger partial charge in [0.1, 0.15) is 5.82 Å². The highest BCUT2D eigenvalue weighted by atomic mass is 79.9. The maximum atomic E-state index is 13.7. The molecule has 0 aliphatic carbocycles. The van der Waals surface area contributed by atoms with Crippen molar-refractivity contribution in [2.45, 2.75) is 6.92 Å². The number of carbonyl (C=O) groups excluding carboxylic acids is 1. The molecule has 1 aliphatic rings. The molecule has 3 rings (SSSR count). The molecule has 2 aromatic rings. The second-order valence-electron chi connectivity index (χ2n) is 4.86. The number of carbonyl (C=O) groups is 1. The molecule has 0 saturated heterocycles. The van der Waals surface area contributed by atoms with E-state index in [0.717, 1.165) is 4.47 Å². The zero-order valence-corrected chi connectivity index (χ0v) is 13.3. The number of nitrogens with zero attached hydrogens (tertiary/aromatic N) is 2. The summed E-state index contributed by atoms with van der Waals surface area (Å²) in [7, 11) is 0. The van der Waals surface area contributed by atoms with Crippen LogP contribution in [0, 0.1) is 5.82 Å². The van der Waals surface area contributed by atoms with Crippen LogP contribution in [0.4, 0.5) is 10.1 Å². The first-order valence-corrected chi connectivity index (χ1v) is 7.47. The average molecular weight is 359 g/mol. The van der Waals surface area contributed by atoms with E-state index in [1.54, 1.807) is 37.3 Å². The second kappa shape index (κ2) is 5.85. The molecule has 110 valence electrons. The number of hydrogen-bond donors (Lipinski definition) is 0. The number of hydrogen-bond acceptors (Lipinski definition) is 2. The van der Waals surface area contributed by atoms with Crippen LogP contribution in [0.1, 0.15) is 12.5 Å². The van der Waals surface area contributed by atoms with Crippen LogP contribution in [-0.4, -0.2) is 11.6 Å². The molecule has 5 heteroatoms. The van der Waals surface area contributed by atoms with E-state index in [-0.39, 0.29) is 11.7 Å². The van der Waals surface area contributed by atoms with E-state index < -0.39 is 0 Å². The molecule has 1 amide bonds.